The number of furan rings is 1. The second-order valence-corrected chi connectivity index (χ2v) is 6.10. The van der Waals surface area contributed by atoms with E-state index in [1.54, 1.807) is 24.5 Å². The molecule has 0 aliphatic carbocycles. The molecular weight excluding hydrogens is 296 g/mol. The molecule has 2 aliphatic rings. The molecule has 7 nitrogen and oxygen atoms in total. The summed E-state index contributed by atoms with van der Waals surface area (Å²) in [6.45, 7) is 1.93. The van der Waals surface area contributed by atoms with E-state index in [4.69, 9.17) is 9.15 Å². The second-order valence-electron chi connectivity index (χ2n) is 6.10. The van der Waals surface area contributed by atoms with E-state index in [1.807, 2.05) is 4.90 Å². The Labute approximate surface area is 133 Å². The monoisotopic (exact) mass is 314 g/mol. The van der Waals surface area contributed by atoms with Crippen LogP contribution in [0.4, 0.5) is 5.95 Å². The first kappa shape index (κ1) is 14.2. The summed E-state index contributed by atoms with van der Waals surface area (Å²) in [5.41, 5.74) is 0.332. The molecule has 23 heavy (non-hydrogen) atoms. The first-order chi connectivity index (χ1) is 11.2. The maximum Gasteiger partial charge on any atom is 0.257 e. The summed E-state index contributed by atoms with van der Waals surface area (Å²) in [6.07, 6.45) is 8.12. The molecular formula is C16H18N4O3. The molecule has 4 rings (SSSR count). The van der Waals surface area contributed by atoms with E-state index < -0.39 is 0 Å². The lowest BCUT2D eigenvalue weighted by molar-refractivity contribution is 0.0125. The molecule has 4 heterocycles. The number of ether oxygens (including phenoxy) is 1. The van der Waals surface area contributed by atoms with Crippen molar-refractivity contribution in [1.29, 1.82) is 0 Å². The highest BCUT2D eigenvalue weighted by Crippen LogP contribution is 2.36. The van der Waals surface area contributed by atoms with Crippen molar-refractivity contribution in [3.63, 3.8) is 0 Å². The molecule has 0 bridgehead atoms. The molecule has 0 radical (unpaired) electrons. The molecule has 7 heteroatoms. The Morgan fingerprint density at radius 1 is 1.39 bits per heavy atom. The Balaban J connectivity index is 1.38. The molecule has 1 amide bonds. The van der Waals surface area contributed by atoms with Gasteiger partial charge in [-0.05, 0) is 18.6 Å². The summed E-state index contributed by atoms with van der Waals surface area (Å²) >= 11 is 0. The van der Waals surface area contributed by atoms with Gasteiger partial charge in [-0.15, -0.1) is 0 Å². The van der Waals surface area contributed by atoms with Crippen LogP contribution in [0.3, 0.4) is 0 Å². The third-order valence-electron chi connectivity index (χ3n) is 4.48. The van der Waals surface area contributed by atoms with Crippen molar-refractivity contribution >= 4 is 11.9 Å². The normalized spacial score (nSPS) is 26.8. The highest BCUT2D eigenvalue weighted by atomic mass is 16.5. The number of nitrogens with one attached hydrogen (secondary N) is 1. The van der Waals surface area contributed by atoms with E-state index in [9.17, 15) is 4.79 Å². The summed E-state index contributed by atoms with van der Waals surface area (Å²) in [4.78, 5) is 22.6. The van der Waals surface area contributed by atoms with Gasteiger partial charge in [0.2, 0.25) is 5.95 Å². The van der Waals surface area contributed by atoms with Gasteiger partial charge >= 0.3 is 0 Å². The van der Waals surface area contributed by atoms with Gasteiger partial charge in [-0.2, -0.15) is 0 Å². The zero-order valence-corrected chi connectivity index (χ0v) is 12.6. The molecule has 120 valence electrons. The predicted octanol–water partition coefficient (Wildman–Crippen LogP) is 1.56. The predicted molar refractivity (Wildman–Crippen MR) is 82.0 cm³/mol. The summed E-state index contributed by atoms with van der Waals surface area (Å²) < 4.78 is 11.0. The van der Waals surface area contributed by atoms with Gasteiger partial charge in [-0.3, -0.25) is 4.79 Å². The Hall–Kier alpha value is -2.41. The van der Waals surface area contributed by atoms with Crippen molar-refractivity contribution < 1.29 is 13.9 Å². The van der Waals surface area contributed by atoms with Crippen LogP contribution in [0.1, 0.15) is 23.2 Å². The van der Waals surface area contributed by atoms with Gasteiger partial charge in [0, 0.05) is 25.4 Å². The number of aromatic nitrogens is 2. The zero-order valence-electron chi connectivity index (χ0n) is 12.6. The SMILES string of the molecule is O=C(c1ccoc1)N1CC[C@@]2(C[C@@H](Nc3ncccn3)CO2)C1. The molecule has 2 aliphatic heterocycles. The maximum absolute atomic E-state index is 12.4. The van der Waals surface area contributed by atoms with Crippen LogP contribution in [0.5, 0.6) is 0 Å². The largest absolute Gasteiger partial charge is 0.472 e. The van der Waals surface area contributed by atoms with Crippen LogP contribution in [0.2, 0.25) is 0 Å². The van der Waals surface area contributed by atoms with Crippen LogP contribution in [-0.2, 0) is 4.74 Å². The van der Waals surface area contributed by atoms with E-state index in [-0.39, 0.29) is 17.6 Å². The second kappa shape index (κ2) is 5.66. The van der Waals surface area contributed by atoms with Crippen LogP contribution < -0.4 is 5.32 Å². The van der Waals surface area contributed by atoms with Gasteiger partial charge in [0.1, 0.15) is 6.26 Å². The number of nitrogens with zero attached hydrogens (tertiary/aromatic N) is 3. The number of rotatable bonds is 3. The summed E-state index contributed by atoms with van der Waals surface area (Å²) in [7, 11) is 0. The number of likely N-dealkylation sites (tertiary alicyclic amines) is 1. The third kappa shape index (κ3) is 2.79. The molecule has 0 unspecified atom stereocenters. The first-order valence-corrected chi connectivity index (χ1v) is 7.73. The van der Waals surface area contributed by atoms with Gasteiger partial charge in [0.15, 0.2) is 0 Å². The van der Waals surface area contributed by atoms with Crippen LogP contribution in [-0.4, -0.2) is 52.1 Å². The summed E-state index contributed by atoms with van der Waals surface area (Å²) in [5.74, 6) is 0.615. The lowest BCUT2D eigenvalue weighted by Crippen LogP contribution is -2.36. The lowest BCUT2D eigenvalue weighted by Gasteiger charge is -2.23. The van der Waals surface area contributed by atoms with Crippen molar-refractivity contribution in [2.24, 2.45) is 0 Å². The molecule has 2 fully saturated rings. The Morgan fingerprint density at radius 3 is 3.04 bits per heavy atom. The molecule has 0 aromatic carbocycles. The number of hydrogen-bond donors (Lipinski definition) is 1. The van der Waals surface area contributed by atoms with Crippen LogP contribution in [0.15, 0.2) is 41.5 Å². The van der Waals surface area contributed by atoms with E-state index in [2.05, 4.69) is 15.3 Å². The summed E-state index contributed by atoms with van der Waals surface area (Å²) in [6, 6.07) is 3.65. The minimum Gasteiger partial charge on any atom is -0.472 e. The molecule has 1 N–H and O–H groups in total. The van der Waals surface area contributed by atoms with Crippen molar-refractivity contribution in [3.8, 4) is 0 Å². The zero-order chi connectivity index (χ0) is 15.7. The lowest BCUT2D eigenvalue weighted by atomic mass is 9.97. The molecule has 0 saturated carbocycles. The van der Waals surface area contributed by atoms with Crippen LogP contribution >= 0.6 is 0 Å². The summed E-state index contributed by atoms with van der Waals surface area (Å²) in [5, 5.41) is 3.30. The minimum atomic E-state index is -0.258. The van der Waals surface area contributed by atoms with E-state index in [0.717, 1.165) is 12.8 Å². The molecule has 2 aromatic heterocycles. The molecule has 2 atom stereocenters. The fourth-order valence-corrected chi connectivity index (χ4v) is 3.36. The van der Waals surface area contributed by atoms with Crippen molar-refractivity contribution in [2.45, 2.75) is 24.5 Å². The Bertz CT molecular complexity index is 676. The minimum absolute atomic E-state index is 0.00188. The van der Waals surface area contributed by atoms with Gasteiger partial charge in [0.25, 0.3) is 5.91 Å². The fourth-order valence-electron chi connectivity index (χ4n) is 3.36. The highest BCUT2D eigenvalue weighted by molar-refractivity contribution is 5.94. The number of hydrogen-bond acceptors (Lipinski definition) is 6. The van der Waals surface area contributed by atoms with Crippen molar-refractivity contribution in [3.05, 3.63) is 42.6 Å². The third-order valence-corrected chi connectivity index (χ3v) is 4.48. The Kier molecular flexibility index (Phi) is 3.49. The topological polar surface area (TPSA) is 80.5 Å². The molecule has 2 saturated heterocycles. The smallest absolute Gasteiger partial charge is 0.257 e. The van der Waals surface area contributed by atoms with E-state index in [0.29, 0.717) is 31.2 Å². The van der Waals surface area contributed by atoms with Crippen LogP contribution in [0, 0.1) is 0 Å². The first-order valence-electron chi connectivity index (χ1n) is 7.73. The molecule has 2 aromatic rings. The highest BCUT2D eigenvalue weighted by Gasteiger charge is 2.47. The average molecular weight is 314 g/mol. The average Bonchev–Trinajstić information content (AvgIpc) is 3.31. The Morgan fingerprint density at radius 2 is 2.26 bits per heavy atom. The number of carbonyl (C=O) groups is 1. The number of amides is 1. The van der Waals surface area contributed by atoms with Crippen molar-refractivity contribution in [1.82, 2.24) is 14.9 Å². The fraction of sp³-hybridized carbons (Fsp3) is 0.438. The maximum atomic E-state index is 12.4. The number of anilines is 1. The molecule has 1 spiro atoms. The number of carbonyl (C=O) groups excluding carboxylic acids is 1. The quantitative estimate of drug-likeness (QED) is 0.926. The van der Waals surface area contributed by atoms with Gasteiger partial charge in [-0.1, -0.05) is 0 Å². The van der Waals surface area contributed by atoms with Crippen molar-refractivity contribution in [2.75, 3.05) is 25.0 Å². The van der Waals surface area contributed by atoms with Gasteiger partial charge < -0.3 is 19.4 Å². The van der Waals surface area contributed by atoms with Gasteiger partial charge in [-0.25, -0.2) is 9.97 Å². The van der Waals surface area contributed by atoms with E-state index in [1.165, 1.54) is 12.5 Å². The van der Waals surface area contributed by atoms with Crippen LogP contribution in [0.25, 0.3) is 0 Å². The van der Waals surface area contributed by atoms with Gasteiger partial charge in [0.05, 0.1) is 36.6 Å². The van der Waals surface area contributed by atoms with E-state index >= 15 is 0 Å². The standard InChI is InChI=1S/C16H18N4O3/c21-14(12-2-7-22-9-12)20-6-3-16(11-20)8-13(10-23-16)19-15-17-4-1-5-18-15/h1-2,4-5,7,9,13H,3,6,8,10-11H2,(H,17,18,19)/t13-,16-/m1/s1.